The van der Waals surface area contributed by atoms with Crippen LogP contribution in [0.25, 0.3) is 0 Å². The van der Waals surface area contributed by atoms with Gasteiger partial charge in [-0.1, -0.05) is 6.08 Å². The molecule has 1 amide bonds. The summed E-state index contributed by atoms with van der Waals surface area (Å²) < 4.78 is 11.7. The normalized spacial score (nSPS) is 27.3. The molecule has 0 radical (unpaired) electrons. The zero-order chi connectivity index (χ0) is 16.1. The van der Waals surface area contributed by atoms with Gasteiger partial charge in [0.2, 0.25) is 0 Å². The van der Waals surface area contributed by atoms with E-state index in [1.165, 1.54) is 6.20 Å². The van der Waals surface area contributed by atoms with Gasteiger partial charge in [0.25, 0.3) is 5.91 Å². The smallest absolute Gasteiger partial charge is 0.255 e. The zero-order valence-electron chi connectivity index (χ0n) is 13.3. The molecule has 2 atom stereocenters. The molecule has 6 nitrogen and oxygen atoms in total. The lowest BCUT2D eigenvalue weighted by atomic mass is 9.73. The first-order chi connectivity index (χ1) is 11.2. The molecule has 0 N–H and O–H groups in total. The minimum absolute atomic E-state index is 0.00650. The first-order valence-electron chi connectivity index (χ1n) is 8.11. The summed E-state index contributed by atoms with van der Waals surface area (Å²) in [5.41, 5.74) is 0.465. The Balaban J connectivity index is 1.75. The van der Waals surface area contributed by atoms with Crippen LogP contribution in [0.3, 0.4) is 0 Å². The summed E-state index contributed by atoms with van der Waals surface area (Å²) in [5.74, 6) is 0.00650. The Morgan fingerprint density at radius 1 is 1.57 bits per heavy atom. The van der Waals surface area contributed by atoms with E-state index in [2.05, 4.69) is 16.8 Å². The van der Waals surface area contributed by atoms with E-state index in [1.807, 2.05) is 4.90 Å². The molecule has 1 aromatic heterocycles. The molecule has 0 spiro atoms. The van der Waals surface area contributed by atoms with Crippen molar-refractivity contribution in [3.8, 4) is 0 Å². The van der Waals surface area contributed by atoms with Crippen LogP contribution < -0.4 is 0 Å². The number of piperidine rings is 1. The van der Waals surface area contributed by atoms with Crippen LogP contribution in [0.15, 0.2) is 31.1 Å². The van der Waals surface area contributed by atoms with Gasteiger partial charge in [0.05, 0.1) is 37.3 Å². The lowest BCUT2D eigenvalue weighted by Gasteiger charge is -2.50. The second-order valence-corrected chi connectivity index (χ2v) is 6.28. The van der Waals surface area contributed by atoms with Crippen LogP contribution in [0.4, 0.5) is 0 Å². The van der Waals surface area contributed by atoms with Crippen molar-refractivity contribution in [2.45, 2.75) is 25.4 Å². The highest BCUT2D eigenvalue weighted by atomic mass is 16.5. The van der Waals surface area contributed by atoms with E-state index in [0.29, 0.717) is 31.9 Å². The van der Waals surface area contributed by atoms with Gasteiger partial charge in [-0.2, -0.15) is 10.2 Å². The van der Waals surface area contributed by atoms with Crippen molar-refractivity contribution in [2.24, 2.45) is 5.41 Å². The Hall–Kier alpha value is -1.79. The summed E-state index contributed by atoms with van der Waals surface area (Å²) in [7, 11) is 0. The molecule has 2 saturated heterocycles. The molecule has 2 aliphatic heterocycles. The van der Waals surface area contributed by atoms with Gasteiger partial charge in [0.1, 0.15) is 0 Å². The number of hydrogen-bond donors (Lipinski definition) is 0. The molecule has 23 heavy (non-hydrogen) atoms. The van der Waals surface area contributed by atoms with Crippen molar-refractivity contribution in [3.05, 3.63) is 36.7 Å². The van der Waals surface area contributed by atoms with Crippen molar-refractivity contribution >= 4 is 5.91 Å². The summed E-state index contributed by atoms with van der Waals surface area (Å²) in [4.78, 5) is 14.6. The van der Waals surface area contributed by atoms with Crippen LogP contribution >= 0.6 is 0 Å². The van der Waals surface area contributed by atoms with Gasteiger partial charge in [-0.05, 0) is 25.3 Å². The molecule has 0 aliphatic carbocycles. The van der Waals surface area contributed by atoms with E-state index in [0.717, 1.165) is 25.9 Å². The Morgan fingerprint density at radius 2 is 2.48 bits per heavy atom. The molecule has 0 bridgehead atoms. The second kappa shape index (κ2) is 7.19. The molecular formula is C17H23N3O3. The lowest BCUT2D eigenvalue weighted by molar-refractivity contribution is -0.144. The van der Waals surface area contributed by atoms with E-state index < -0.39 is 0 Å². The molecule has 3 heterocycles. The fraction of sp³-hybridized carbons (Fsp3) is 0.588. The third-order valence-corrected chi connectivity index (χ3v) is 4.73. The topological polar surface area (TPSA) is 64.6 Å². The number of fused-ring (bicyclic) bond motifs is 1. The number of nitrogens with zero attached hydrogens (tertiary/aromatic N) is 3. The Kier molecular flexibility index (Phi) is 5.03. The summed E-state index contributed by atoms with van der Waals surface area (Å²) >= 11 is 0. The van der Waals surface area contributed by atoms with E-state index in [9.17, 15) is 4.79 Å². The lowest BCUT2D eigenvalue weighted by Crippen LogP contribution is -2.58. The summed E-state index contributed by atoms with van der Waals surface area (Å²) in [5, 5.41) is 7.53. The van der Waals surface area contributed by atoms with Gasteiger partial charge in [-0.15, -0.1) is 6.58 Å². The average molecular weight is 317 g/mol. The molecule has 2 aliphatic rings. The maximum atomic E-state index is 12.7. The maximum Gasteiger partial charge on any atom is 0.255 e. The van der Waals surface area contributed by atoms with E-state index >= 15 is 0 Å². The van der Waals surface area contributed by atoms with E-state index in [1.54, 1.807) is 18.3 Å². The van der Waals surface area contributed by atoms with Gasteiger partial charge in [0, 0.05) is 25.1 Å². The number of carbonyl (C=O) groups is 1. The molecule has 2 fully saturated rings. The molecule has 0 unspecified atom stereocenters. The second-order valence-electron chi connectivity index (χ2n) is 6.28. The number of rotatable bonds is 5. The highest BCUT2D eigenvalue weighted by Crippen LogP contribution is 2.40. The van der Waals surface area contributed by atoms with Crippen molar-refractivity contribution in [1.29, 1.82) is 0 Å². The van der Waals surface area contributed by atoms with Crippen LogP contribution in [0, 0.1) is 5.41 Å². The van der Waals surface area contributed by atoms with Crippen LogP contribution in [-0.2, 0) is 9.47 Å². The number of aromatic nitrogens is 2. The highest BCUT2D eigenvalue weighted by molar-refractivity contribution is 5.93. The Morgan fingerprint density at radius 3 is 3.26 bits per heavy atom. The number of ether oxygens (including phenoxy) is 2. The van der Waals surface area contributed by atoms with Crippen molar-refractivity contribution in [1.82, 2.24) is 15.1 Å². The third kappa shape index (κ3) is 3.43. The van der Waals surface area contributed by atoms with Crippen molar-refractivity contribution in [2.75, 3.05) is 32.9 Å². The molecule has 1 aromatic rings. The standard InChI is InChI=1S/C17H23N3O3/c1-2-9-22-13-17-6-3-10-23-15(17)5-8-20(12-17)16(21)14-4-7-18-19-11-14/h2,4,7,11,15H,1,3,5-6,8-10,12-13H2/t15-,17-/m1/s1. The van der Waals surface area contributed by atoms with Gasteiger partial charge < -0.3 is 14.4 Å². The third-order valence-electron chi connectivity index (χ3n) is 4.73. The largest absolute Gasteiger partial charge is 0.377 e. The summed E-state index contributed by atoms with van der Waals surface area (Å²) in [6.07, 6.45) is 7.87. The first-order valence-corrected chi connectivity index (χ1v) is 8.11. The Bertz CT molecular complexity index is 551. The molecule has 6 heteroatoms. The van der Waals surface area contributed by atoms with E-state index in [-0.39, 0.29) is 17.4 Å². The van der Waals surface area contributed by atoms with Crippen LogP contribution in [-0.4, -0.2) is 60.0 Å². The SMILES string of the molecule is C=CCOC[C@]12CCCO[C@@H]1CCN(C(=O)c1ccnnc1)C2. The quantitative estimate of drug-likeness (QED) is 0.611. The predicted molar refractivity (Wildman–Crippen MR) is 85.0 cm³/mol. The molecular weight excluding hydrogens is 294 g/mol. The summed E-state index contributed by atoms with van der Waals surface area (Å²) in [6.45, 7) is 6.99. The first kappa shape index (κ1) is 16.1. The number of hydrogen-bond acceptors (Lipinski definition) is 5. The predicted octanol–water partition coefficient (Wildman–Crippen LogP) is 1.69. The Labute approximate surface area is 136 Å². The van der Waals surface area contributed by atoms with Crippen LogP contribution in [0.2, 0.25) is 0 Å². The van der Waals surface area contributed by atoms with Crippen molar-refractivity contribution in [3.63, 3.8) is 0 Å². The van der Waals surface area contributed by atoms with Gasteiger partial charge in [-0.25, -0.2) is 0 Å². The number of amides is 1. The number of carbonyl (C=O) groups excluding carboxylic acids is 1. The highest BCUT2D eigenvalue weighted by Gasteiger charge is 2.47. The monoisotopic (exact) mass is 317 g/mol. The van der Waals surface area contributed by atoms with Crippen LogP contribution in [0.5, 0.6) is 0 Å². The fourth-order valence-electron chi connectivity index (χ4n) is 3.62. The number of likely N-dealkylation sites (tertiary alicyclic amines) is 1. The van der Waals surface area contributed by atoms with Crippen molar-refractivity contribution < 1.29 is 14.3 Å². The summed E-state index contributed by atoms with van der Waals surface area (Å²) in [6, 6.07) is 1.71. The van der Waals surface area contributed by atoms with Crippen LogP contribution in [0.1, 0.15) is 29.6 Å². The minimum Gasteiger partial charge on any atom is -0.377 e. The zero-order valence-corrected chi connectivity index (χ0v) is 13.3. The van der Waals surface area contributed by atoms with E-state index in [4.69, 9.17) is 9.47 Å². The molecule has 0 aromatic carbocycles. The fourth-order valence-corrected chi connectivity index (χ4v) is 3.62. The maximum absolute atomic E-state index is 12.7. The average Bonchev–Trinajstić information content (AvgIpc) is 2.61. The van der Waals surface area contributed by atoms with Gasteiger partial charge >= 0.3 is 0 Å². The minimum atomic E-state index is -0.115. The van der Waals surface area contributed by atoms with Gasteiger partial charge in [-0.3, -0.25) is 4.79 Å². The molecule has 0 saturated carbocycles. The molecule has 3 rings (SSSR count). The molecule has 124 valence electrons. The van der Waals surface area contributed by atoms with Gasteiger partial charge in [0.15, 0.2) is 0 Å².